The highest BCUT2D eigenvalue weighted by Crippen LogP contribution is 2.36. The van der Waals surface area contributed by atoms with E-state index in [1.807, 2.05) is 18.2 Å². The third-order valence-electron chi connectivity index (χ3n) is 5.01. The van der Waals surface area contributed by atoms with Crippen molar-refractivity contribution in [3.63, 3.8) is 0 Å². The lowest BCUT2D eigenvalue weighted by Crippen LogP contribution is -2.39. The smallest absolute Gasteiger partial charge is 0.332 e. The first kappa shape index (κ1) is 14.5. The zero-order chi connectivity index (χ0) is 17.1. The number of nitrogens with one attached hydrogen (secondary N) is 1. The van der Waals surface area contributed by atoms with Gasteiger partial charge in [0.2, 0.25) is 0 Å². The van der Waals surface area contributed by atoms with E-state index in [9.17, 15) is 9.59 Å². The minimum absolute atomic E-state index is 0.191. The molecule has 0 unspecified atom stereocenters. The van der Waals surface area contributed by atoms with Crippen molar-refractivity contribution in [3.05, 3.63) is 64.8 Å². The van der Waals surface area contributed by atoms with E-state index in [0.29, 0.717) is 23.7 Å². The van der Waals surface area contributed by atoms with Crippen molar-refractivity contribution in [2.75, 3.05) is 4.90 Å². The van der Waals surface area contributed by atoms with Gasteiger partial charge in [-0.2, -0.15) is 0 Å². The molecule has 0 aliphatic carbocycles. The summed E-state index contributed by atoms with van der Waals surface area (Å²) in [4.78, 5) is 32.1. The zero-order valence-electron chi connectivity index (χ0n) is 13.2. The molecule has 5 nitrogen and oxygen atoms in total. The van der Waals surface area contributed by atoms with Gasteiger partial charge in [-0.25, -0.2) is 9.69 Å². The Kier molecular flexibility index (Phi) is 2.97. The summed E-state index contributed by atoms with van der Waals surface area (Å²) in [6, 6.07) is 14.1. The number of aromatic amines is 1. The number of fused-ring (bicyclic) bond motifs is 4. The molecule has 0 radical (unpaired) electrons. The number of rotatable bonds is 1. The van der Waals surface area contributed by atoms with Gasteiger partial charge in [0.1, 0.15) is 6.04 Å². The van der Waals surface area contributed by atoms with Gasteiger partial charge >= 0.3 is 6.03 Å². The van der Waals surface area contributed by atoms with Crippen LogP contribution in [0, 0.1) is 0 Å². The van der Waals surface area contributed by atoms with Crippen molar-refractivity contribution < 1.29 is 9.59 Å². The highest BCUT2D eigenvalue weighted by molar-refractivity contribution is 6.31. The molecule has 0 saturated carbocycles. The van der Waals surface area contributed by atoms with Gasteiger partial charge in [0.25, 0.3) is 5.91 Å². The third kappa shape index (κ3) is 2.02. The Morgan fingerprint density at radius 1 is 1.08 bits per heavy atom. The summed E-state index contributed by atoms with van der Waals surface area (Å²) in [7, 11) is 0. The molecular weight excluding hydrogens is 338 g/mol. The van der Waals surface area contributed by atoms with Crippen LogP contribution in [0.25, 0.3) is 10.9 Å². The number of carbonyl (C=O) groups is 2. The molecule has 3 heterocycles. The first-order valence-electron chi connectivity index (χ1n) is 8.12. The molecule has 3 aromatic rings. The molecule has 1 N–H and O–H groups in total. The molecule has 0 spiro atoms. The number of aromatic nitrogens is 1. The molecular formula is C19H14ClN3O2. The van der Waals surface area contributed by atoms with Crippen LogP contribution in [0.5, 0.6) is 0 Å². The van der Waals surface area contributed by atoms with Crippen LogP contribution in [0.4, 0.5) is 10.5 Å². The topological polar surface area (TPSA) is 56.4 Å². The monoisotopic (exact) mass is 351 g/mol. The number of urea groups is 1. The van der Waals surface area contributed by atoms with E-state index in [2.05, 4.69) is 11.1 Å². The Hall–Kier alpha value is -2.79. The molecule has 0 bridgehead atoms. The maximum atomic E-state index is 12.9. The van der Waals surface area contributed by atoms with Crippen LogP contribution in [-0.4, -0.2) is 27.9 Å². The quantitative estimate of drug-likeness (QED) is 0.679. The van der Waals surface area contributed by atoms with Crippen molar-refractivity contribution in [2.45, 2.75) is 19.0 Å². The largest absolute Gasteiger partial charge is 0.357 e. The van der Waals surface area contributed by atoms with Crippen LogP contribution in [0.1, 0.15) is 11.3 Å². The van der Waals surface area contributed by atoms with Crippen LogP contribution < -0.4 is 4.90 Å². The molecule has 6 heteroatoms. The highest BCUT2D eigenvalue weighted by atomic mass is 35.5. The van der Waals surface area contributed by atoms with E-state index in [4.69, 9.17) is 11.6 Å². The van der Waals surface area contributed by atoms with E-state index in [-0.39, 0.29) is 11.9 Å². The van der Waals surface area contributed by atoms with Crippen molar-refractivity contribution in [3.8, 4) is 0 Å². The predicted molar refractivity (Wildman–Crippen MR) is 95.7 cm³/mol. The number of H-pyrrole nitrogens is 1. The Morgan fingerprint density at radius 2 is 1.92 bits per heavy atom. The van der Waals surface area contributed by atoms with Crippen molar-refractivity contribution >= 4 is 40.1 Å². The summed E-state index contributed by atoms with van der Waals surface area (Å²) in [5.41, 5.74) is 3.70. The fourth-order valence-corrected chi connectivity index (χ4v) is 4.04. The predicted octanol–water partition coefficient (Wildman–Crippen LogP) is 3.71. The van der Waals surface area contributed by atoms with E-state index in [0.717, 1.165) is 22.2 Å². The minimum Gasteiger partial charge on any atom is -0.357 e. The molecule has 3 amide bonds. The second kappa shape index (κ2) is 5.10. The lowest BCUT2D eigenvalue weighted by Gasteiger charge is -2.26. The molecule has 1 saturated heterocycles. The maximum Gasteiger partial charge on any atom is 0.332 e. The number of carbonyl (C=O) groups excluding carboxylic acids is 2. The van der Waals surface area contributed by atoms with Gasteiger partial charge in [-0.1, -0.05) is 35.9 Å². The first-order valence-corrected chi connectivity index (χ1v) is 8.50. The van der Waals surface area contributed by atoms with Crippen molar-refractivity contribution in [1.29, 1.82) is 0 Å². The van der Waals surface area contributed by atoms with Gasteiger partial charge in [0, 0.05) is 28.0 Å². The van der Waals surface area contributed by atoms with Gasteiger partial charge < -0.3 is 9.88 Å². The number of para-hydroxylation sites is 1. The molecule has 2 aromatic carbocycles. The highest BCUT2D eigenvalue weighted by Gasteiger charge is 2.48. The normalized spacial score (nSPS) is 19.5. The van der Waals surface area contributed by atoms with Gasteiger partial charge in [0.05, 0.1) is 12.2 Å². The minimum atomic E-state index is -0.460. The van der Waals surface area contributed by atoms with Crippen LogP contribution in [0.15, 0.2) is 48.5 Å². The fourth-order valence-electron chi connectivity index (χ4n) is 3.85. The lowest BCUT2D eigenvalue weighted by atomic mass is 9.97. The summed E-state index contributed by atoms with van der Waals surface area (Å²) >= 11 is 6.02. The zero-order valence-corrected chi connectivity index (χ0v) is 14.0. The molecule has 124 valence electrons. The van der Waals surface area contributed by atoms with Crippen molar-refractivity contribution in [1.82, 2.24) is 9.88 Å². The Balaban J connectivity index is 1.57. The second-order valence-corrected chi connectivity index (χ2v) is 6.85. The number of amides is 3. The average Bonchev–Trinajstić information content (AvgIpc) is 3.09. The summed E-state index contributed by atoms with van der Waals surface area (Å²) in [6.45, 7) is 0.413. The number of hydrogen-bond donors (Lipinski definition) is 1. The molecule has 2 aliphatic rings. The molecule has 1 aromatic heterocycles. The lowest BCUT2D eigenvalue weighted by molar-refractivity contribution is -0.119. The maximum absolute atomic E-state index is 12.9. The Labute approximate surface area is 148 Å². The number of nitrogens with zero attached hydrogens (tertiary/aromatic N) is 2. The number of imide groups is 1. The van der Waals surface area contributed by atoms with Crippen LogP contribution in [-0.2, 0) is 17.8 Å². The Bertz CT molecular complexity index is 1040. The molecule has 25 heavy (non-hydrogen) atoms. The fraction of sp³-hybridized carbons (Fsp3) is 0.158. The summed E-state index contributed by atoms with van der Waals surface area (Å²) in [5, 5.41) is 1.62. The van der Waals surface area contributed by atoms with Crippen LogP contribution >= 0.6 is 11.6 Å². The summed E-state index contributed by atoms with van der Waals surface area (Å²) < 4.78 is 0. The molecule has 5 rings (SSSR count). The number of hydrogen-bond acceptors (Lipinski definition) is 2. The SMILES string of the molecule is O=C1[C@H]2Cc3c([nH]c4ccccc34)CN2C(=O)N1c1cccc(Cl)c1. The van der Waals surface area contributed by atoms with Crippen molar-refractivity contribution in [2.24, 2.45) is 0 Å². The first-order chi connectivity index (χ1) is 12.1. The summed E-state index contributed by atoms with van der Waals surface area (Å²) in [6.07, 6.45) is 0.529. The van der Waals surface area contributed by atoms with Gasteiger partial charge in [-0.3, -0.25) is 4.79 Å². The van der Waals surface area contributed by atoms with E-state index < -0.39 is 6.04 Å². The number of halogens is 1. The second-order valence-electron chi connectivity index (χ2n) is 6.41. The molecule has 1 atom stereocenters. The van der Waals surface area contributed by atoms with Crippen LogP contribution in [0.3, 0.4) is 0 Å². The van der Waals surface area contributed by atoms with E-state index in [1.165, 1.54) is 4.90 Å². The average molecular weight is 352 g/mol. The van der Waals surface area contributed by atoms with Gasteiger partial charge in [-0.05, 0) is 29.8 Å². The van der Waals surface area contributed by atoms with Gasteiger partial charge in [-0.15, -0.1) is 0 Å². The molecule has 2 aliphatic heterocycles. The number of benzene rings is 2. The van der Waals surface area contributed by atoms with Gasteiger partial charge in [0.15, 0.2) is 0 Å². The van der Waals surface area contributed by atoms with Crippen LogP contribution in [0.2, 0.25) is 5.02 Å². The van der Waals surface area contributed by atoms with E-state index >= 15 is 0 Å². The standard InChI is InChI=1S/C19H14ClN3O2/c20-11-4-3-5-12(8-11)23-18(24)17-9-14-13-6-1-2-7-15(13)21-16(14)10-22(17)19(23)25/h1-8,17,21H,9-10H2/t17-/m1/s1. The summed E-state index contributed by atoms with van der Waals surface area (Å²) in [5.74, 6) is -0.191. The third-order valence-corrected chi connectivity index (χ3v) is 5.25. The number of anilines is 1. The Morgan fingerprint density at radius 3 is 2.76 bits per heavy atom. The van der Waals surface area contributed by atoms with E-state index in [1.54, 1.807) is 29.2 Å². The molecule has 1 fully saturated rings.